The van der Waals surface area contributed by atoms with Crippen LogP contribution in [0.15, 0.2) is 18.2 Å². The summed E-state index contributed by atoms with van der Waals surface area (Å²) >= 11 is 0. The predicted octanol–water partition coefficient (Wildman–Crippen LogP) is -1.33. The molecule has 35 heavy (non-hydrogen) atoms. The Hall–Kier alpha value is -3.33. The normalized spacial score (nSPS) is 30.5. The molecule has 2 aliphatic rings. The van der Waals surface area contributed by atoms with Crippen LogP contribution in [0.25, 0.3) is 0 Å². The smallest absolute Gasteiger partial charge is 0.229 e. The van der Waals surface area contributed by atoms with E-state index in [1.807, 2.05) is 0 Å². The maximum atomic E-state index is 12.8. The number of carbonyl (C=O) groups is 1. The fourth-order valence-electron chi connectivity index (χ4n) is 3.96. The highest BCUT2D eigenvalue weighted by atomic mass is 16.7. The summed E-state index contributed by atoms with van der Waals surface area (Å²) in [5, 5.41) is 90.6. The van der Waals surface area contributed by atoms with Crippen molar-refractivity contribution in [3.8, 4) is 34.5 Å². The lowest BCUT2D eigenvalue weighted by atomic mass is 9.91. The second-order valence-electron chi connectivity index (χ2n) is 8.29. The zero-order chi connectivity index (χ0) is 25.8. The molecule has 4 rings (SSSR count). The first-order chi connectivity index (χ1) is 16.5. The molecule has 1 fully saturated rings. The minimum atomic E-state index is -1.87. The number of aliphatic hydroxyl groups is 5. The predicted molar refractivity (Wildman–Crippen MR) is 112 cm³/mol. The lowest BCUT2D eigenvalue weighted by molar-refractivity contribution is -0.277. The van der Waals surface area contributed by atoms with E-state index in [-0.39, 0.29) is 28.2 Å². The van der Waals surface area contributed by atoms with Crippen LogP contribution in [0.2, 0.25) is 0 Å². The maximum absolute atomic E-state index is 12.8. The Bertz CT molecular complexity index is 1150. The van der Waals surface area contributed by atoms with Crippen LogP contribution in [0.1, 0.15) is 27.6 Å². The van der Waals surface area contributed by atoms with E-state index in [4.69, 9.17) is 14.2 Å². The molecule has 0 aromatic heterocycles. The molecule has 2 heterocycles. The molecule has 7 atom stereocenters. The zero-order valence-electron chi connectivity index (χ0n) is 18.1. The third kappa shape index (κ3) is 4.07. The van der Waals surface area contributed by atoms with E-state index in [0.717, 1.165) is 18.2 Å². The van der Waals surface area contributed by atoms with Gasteiger partial charge in [-0.25, -0.2) is 0 Å². The number of carbonyl (C=O) groups excluding carboxylic acids is 1. The van der Waals surface area contributed by atoms with E-state index in [9.17, 15) is 50.8 Å². The van der Waals surface area contributed by atoms with Crippen molar-refractivity contribution in [3.05, 3.63) is 34.9 Å². The quantitative estimate of drug-likeness (QED) is 0.224. The fraction of sp³-hybridized carbons (Fsp3) is 0.409. The van der Waals surface area contributed by atoms with Crippen molar-refractivity contribution >= 4 is 5.78 Å². The third-order valence-corrected chi connectivity index (χ3v) is 6.04. The van der Waals surface area contributed by atoms with Crippen molar-refractivity contribution in [1.82, 2.24) is 0 Å². The van der Waals surface area contributed by atoms with E-state index in [1.165, 1.54) is 6.92 Å². The van der Waals surface area contributed by atoms with Crippen LogP contribution < -0.4 is 9.47 Å². The lowest BCUT2D eigenvalue weighted by Gasteiger charge is -2.39. The van der Waals surface area contributed by atoms with E-state index < -0.39 is 78.3 Å². The molecule has 9 N–H and O–H groups in total. The van der Waals surface area contributed by atoms with Gasteiger partial charge in [0.15, 0.2) is 23.7 Å². The molecule has 2 aromatic rings. The fourth-order valence-corrected chi connectivity index (χ4v) is 3.96. The Morgan fingerprint density at radius 2 is 1.60 bits per heavy atom. The molecule has 0 bridgehead atoms. The van der Waals surface area contributed by atoms with E-state index >= 15 is 0 Å². The number of phenolic OH excluding ortho intramolecular Hbond substituents is 4. The van der Waals surface area contributed by atoms with Gasteiger partial charge in [0.05, 0.1) is 6.61 Å². The van der Waals surface area contributed by atoms with Gasteiger partial charge in [-0.15, -0.1) is 0 Å². The maximum Gasteiger partial charge on any atom is 0.229 e. The van der Waals surface area contributed by atoms with E-state index in [1.54, 1.807) is 0 Å². The molecule has 0 spiro atoms. The zero-order valence-corrected chi connectivity index (χ0v) is 18.1. The Labute approximate surface area is 197 Å². The summed E-state index contributed by atoms with van der Waals surface area (Å²) in [4.78, 5) is 12.8. The molecular weight excluding hydrogens is 472 g/mol. The number of hydrogen-bond donors (Lipinski definition) is 9. The van der Waals surface area contributed by atoms with Crippen LogP contribution in [0.4, 0.5) is 0 Å². The van der Waals surface area contributed by atoms with Crippen LogP contribution >= 0.6 is 0 Å². The first-order valence-corrected chi connectivity index (χ1v) is 10.4. The van der Waals surface area contributed by atoms with Crippen molar-refractivity contribution < 1.29 is 65.0 Å². The second-order valence-corrected chi connectivity index (χ2v) is 8.29. The van der Waals surface area contributed by atoms with Crippen LogP contribution in [0.3, 0.4) is 0 Å². The molecule has 0 aliphatic carbocycles. The second kappa shape index (κ2) is 9.03. The van der Waals surface area contributed by atoms with Crippen LogP contribution in [0, 0.1) is 6.92 Å². The Morgan fingerprint density at radius 1 is 0.914 bits per heavy atom. The van der Waals surface area contributed by atoms with Crippen molar-refractivity contribution in [2.24, 2.45) is 0 Å². The number of ketones is 1. The van der Waals surface area contributed by atoms with Crippen molar-refractivity contribution in [2.75, 3.05) is 6.61 Å². The average Bonchev–Trinajstić information content (AvgIpc) is 2.82. The van der Waals surface area contributed by atoms with Gasteiger partial charge in [-0.05, 0) is 19.1 Å². The van der Waals surface area contributed by atoms with Gasteiger partial charge in [0.2, 0.25) is 17.8 Å². The minimum Gasteiger partial charge on any atom is -0.507 e. The first-order valence-electron chi connectivity index (χ1n) is 10.4. The van der Waals surface area contributed by atoms with Crippen molar-refractivity contribution in [3.63, 3.8) is 0 Å². The number of phenols is 4. The third-order valence-electron chi connectivity index (χ3n) is 6.04. The van der Waals surface area contributed by atoms with Gasteiger partial charge in [-0.2, -0.15) is 0 Å². The summed E-state index contributed by atoms with van der Waals surface area (Å²) in [5.74, 6) is -4.23. The standard InChI is InChI=1S/C22H24O13/c1-6-8(24)4-10-13(14(6)26)17(29)19(31)21(33-10)7-2-9(25)15(27)11(3-7)34-22-20(32)18(30)16(28)12(5-23)35-22/h2-4,12,16,18-28,30-32H,5H2,1H3/t12-,16-,18+,19+,20-,21-,22-/m1/s1. The first kappa shape index (κ1) is 24.8. The summed E-state index contributed by atoms with van der Waals surface area (Å²) < 4.78 is 16.2. The molecule has 0 amide bonds. The Morgan fingerprint density at radius 3 is 2.26 bits per heavy atom. The van der Waals surface area contributed by atoms with Crippen LogP contribution in [-0.4, -0.2) is 95.2 Å². The highest BCUT2D eigenvalue weighted by molar-refractivity contribution is 6.06. The molecule has 0 unspecified atom stereocenters. The largest absolute Gasteiger partial charge is 0.507 e. The molecule has 0 saturated carbocycles. The minimum absolute atomic E-state index is 0.00356. The molecular formula is C22H24O13. The average molecular weight is 496 g/mol. The Balaban J connectivity index is 1.69. The summed E-state index contributed by atoms with van der Waals surface area (Å²) in [6, 6.07) is 3.10. The van der Waals surface area contributed by atoms with Crippen LogP contribution in [0.5, 0.6) is 34.5 Å². The monoisotopic (exact) mass is 496 g/mol. The molecule has 2 aliphatic heterocycles. The summed E-state index contributed by atoms with van der Waals surface area (Å²) in [6.45, 7) is 0.627. The molecule has 190 valence electrons. The molecule has 1 saturated heterocycles. The number of rotatable bonds is 4. The summed E-state index contributed by atoms with van der Waals surface area (Å²) in [7, 11) is 0. The van der Waals surface area contributed by atoms with E-state index in [2.05, 4.69) is 0 Å². The molecule has 2 aromatic carbocycles. The van der Waals surface area contributed by atoms with Crippen molar-refractivity contribution in [2.45, 2.75) is 49.8 Å². The van der Waals surface area contributed by atoms with Gasteiger partial charge >= 0.3 is 0 Å². The van der Waals surface area contributed by atoms with Crippen molar-refractivity contribution in [1.29, 1.82) is 0 Å². The number of aromatic hydroxyl groups is 4. The Kier molecular flexibility index (Phi) is 6.40. The molecule has 13 heteroatoms. The van der Waals surface area contributed by atoms with Gasteiger partial charge in [0.1, 0.15) is 47.2 Å². The summed E-state index contributed by atoms with van der Waals surface area (Å²) in [5.41, 5.74) is -0.431. The number of aliphatic hydroxyl groups excluding tert-OH is 5. The number of benzene rings is 2. The number of Topliss-reactive ketones (excluding diaryl/α,β-unsaturated/α-hetero) is 1. The summed E-state index contributed by atoms with van der Waals surface area (Å²) in [6.07, 6.45) is -11.6. The van der Waals surface area contributed by atoms with E-state index in [0.29, 0.717) is 0 Å². The highest BCUT2D eigenvalue weighted by Crippen LogP contribution is 2.46. The van der Waals surface area contributed by atoms with Gasteiger partial charge in [0, 0.05) is 17.2 Å². The number of fused-ring (bicyclic) bond motifs is 1. The molecule has 0 radical (unpaired) electrons. The SMILES string of the molecule is Cc1c(O)cc2c(c1O)C(=O)[C@H](O)[C@@H](c1cc(O)c(O)c(O[C@@H]3O[C@H](CO)[C@@H](O)[C@H](O)[C@H]3O)c1)O2. The number of hydrogen-bond acceptors (Lipinski definition) is 13. The van der Waals surface area contributed by atoms with Crippen LogP contribution in [-0.2, 0) is 4.74 Å². The topological polar surface area (TPSA) is 227 Å². The van der Waals surface area contributed by atoms with Gasteiger partial charge in [0.25, 0.3) is 0 Å². The number of ether oxygens (including phenoxy) is 3. The van der Waals surface area contributed by atoms with Gasteiger partial charge in [-0.3, -0.25) is 4.79 Å². The van der Waals surface area contributed by atoms with Gasteiger partial charge in [-0.1, -0.05) is 0 Å². The lowest BCUT2D eigenvalue weighted by Crippen LogP contribution is -2.60. The van der Waals surface area contributed by atoms with Gasteiger partial charge < -0.3 is 60.2 Å². The highest BCUT2D eigenvalue weighted by Gasteiger charge is 2.45. The molecule has 13 nitrogen and oxygen atoms in total.